The molecule has 1 atom stereocenters. The molecule has 1 unspecified atom stereocenters. The van der Waals surface area contributed by atoms with Gasteiger partial charge >= 0.3 is 6.03 Å². The molecular weight excluding hydrogens is 333 g/mol. The minimum atomic E-state index is -0.300. The molecule has 0 radical (unpaired) electrons. The van der Waals surface area contributed by atoms with Gasteiger partial charge in [-0.15, -0.1) is 0 Å². The van der Waals surface area contributed by atoms with E-state index in [-0.39, 0.29) is 17.8 Å². The van der Waals surface area contributed by atoms with Crippen LogP contribution in [-0.4, -0.2) is 29.0 Å². The van der Waals surface area contributed by atoms with Gasteiger partial charge in [0.05, 0.1) is 5.92 Å². The highest BCUT2D eigenvalue weighted by Gasteiger charge is 2.28. The summed E-state index contributed by atoms with van der Waals surface area (Å²) >= 11 is 0. The number of rotatable bonds is 3. The molecule has 1 aromatic heterocycles. The van der Waals surface area contributed by atoms with Gasteiger partial charge in [-0.1, -0.05) is 24.3 Å². The lowest BCUT2D eigenvalue weighted by atomic mass is 9.98. The van der Waals surface area contributed by atoms with Gasteiger partial charge in [0.15, 0.2) is 11.5 Å². The Morgan fingerprint density at radius 3 is 3.00 bits per heavy atom. The second-order valence-corrected chi connectivity index (χ2v) is 6.59. The van der Waals surface area contributed by atoms with Crippen molar-refractivity contribution in [1.82, 2.24) is 15.2 Å². The van der Waals surface area contributed by atoms with Crippen LogP contribution in [0.4, 0.5) is 9.18 Å². The molecule has 1 N–H and O–H groups in total. The molecule has 4 rings (SSSR count). The van der Waals surface area contributed by atoms with Crippen LogP contribution >= 0.6 is 0 Å². The molecule has 2 aromatic carbocycles. The van der Waals surface area contributed by atoms with Crippen molar-refractivity contribution in [3.8, 4) is 0 Å². The number of benzene rings is 2. The standard InChI is InChI=1S/C20H20FN3O2/c21-16-7-3-5-14(11-16)12-22-20(25)24-10-4-6-15(13-24)19-23-17-8-1-2-9-18(17)26-19/h1-3,5,7-9,11,15H,4,6,10,12-13H2,(H,22,25). The SMILES string of the molecule is O=C(NCc1cccc(F)c1)N1CCCC(c2nc3ccccc3o2)C1. The van der Waals surface area contributed by atoms with Crippen LogP contribution in [-0.2, 0) is 6.54 Å². The minimum absolute atomic E-state index is 0.0936. The van der Waals surface area contributed by atoms with Gasteiger partial charge < -0.3 is 14.6 Å². The fourth-order valence-corrected chi connectivity index (χ4v) is 3.36. The maximum Gasteiger partial charge on any atom is 0.317 e. The summed E-state index contributed by atoms with van der Waals surface area (Å²) in [5, 5.41) is 2.86. The fraction of sp³-hybridized carbons (Fsp3) is 0.300. The van der Waals surface area contributed by atoms with E-state index in [0.29, 0.717) is 25.5 Å². The highest BCUT2D eigenvalue weighted by Crippen LogP contribution is 2.28. The minimum Gasteiger partial charge on any atom is -0.440 e. The smallest absolute Gasteiger partial charge is 0.317 e. The zero-order valence-electron chi connectivity index (χ0n) is 14.3. The summed E-state index contributed by atoms with van der Waals surface area (Å²) in [5.41, 5.74) is 2.36. The van der Waals surface area contributed by atoms with Crippen molar-refractivity contribution in [2.75, 3.05) is 13.1 Å². The number of likely N-dealkylation sites (tertiary alicyclic amines) is 1. The molecular formula is C20H20FN3O2. The maximum atomic E-state index is 13.2. The van der Waals surface area contributed by atoms with Gasteiger partial charge in [-0.25, -0.2) is 14.2 Å². The average molecular weight is 353 g/mol. The van der Waals surface area contributed by atoms with Crippen LogP contribution in [0.2, 0.25) is 0 Å². The zero-order valence-corrected chi connectivity index (χ0v) is 14.3. The molecule has 0 bridgehead atoms. The topological polar surface area (TPSA) is 58.4 Å². The van der Waals surface area contributed by atoms with Gasteiger partial charge in [0.2, 0.25) is 0 Å². The van der Waals surface area contributed by atoms with Crippen molar-refractivity contribution in [2.45, 2.75) is 25.3 Å². The Balaban J connectivity index is 1.40. The van der Waals surface area contributed by atoms with E-state index >= 15 is 0 Å². The van der Waals surface area contributed by atoms with E-state index in [4.69, 9.17) is 4.42 Å². The Labute approximate surface area is 150 Å². The number of para-hydroxylation sites is 2. The number of aromatic nitrogens is 1. The van der Waals surface area contributed by atoms with Crippen molar-refractivity contribution in [2.24, 2.45) is 0 Å². The number of piperidine rings is 1. The molecule has 1 aliphatic heterocycles. The monoisotopic (exact) mass is 353 g/mol. The van der Waals surface area contributed by atoms with E-state index in [1.807, 2.05) is 24.3 Å². The number of carbonyl (C=O) groups is 1. The van der Waals surface area contributed by atoms with Crippen LogP contribution in [0.25, 0.3) is 11.1 Å². The molecule has 0 saturated carbocycles. The summed E-state index contributed by atoms with van der Waals surface area (Å²) in [6.07, 6.45) is 1.84. The Kier molecular flexibility index (Phi) is 4.56. The summed E-state index contributed by atoms with van der Waals surface area (Å²) in [5.74, 6) is 0.482. The highest BCUT2D eigenvalue weighted by molar-refractivity contribution is 5.74. The normalized spacial score (nSPS) is 17.4. The Morgan fingerprint density at radius 1 is 1.27 bits per heavy atom. The Hall–Kier alpha value is -2.89. The highest BCUT2D eigenvalue weighted by atomic mass is 19.1. The van der Waals surface area contributed by atoms with Crippen molar-refractivity contribution < 1.29 is 13.6 Å². The summed E-state index contributed by atoms with van der Waals surface area (Å²) < 4.78 is 19.1. The number of urea groups is 1. The zero-order chi connectivity index (χ0) is 17.9. The molecule has 3 aromatic rings. The first kappa shape index (κ1) is 16.6. The van der Waals surface area contributed by atoms with Gasteiger partial charge in [-0.2, -0.15) is 0 Å². The molecule has 1 saturated heterocycles. The molecule has 26 heavy (non-hydrogen) atoms. The number of nitrogens with one attached hydrogen (secondary N) is 1. The first-order valence-electron chi connectivity index (χ1n) is 8.82. The van der Waals surface area contributed by atoms with E-state index in [1.165, 1.54) is 12.1 Å². The van der Waals surface area contributed by atoms with Gasteiger partial charge in [0, 0.05) is 19.6 Å². The lowest BCUT2D eigenvalue weighted by Crippen LogP contribution is -2.44. The lowest BCUT2D eigenvalue weighted by Gasteiger charge is -2.31. The van der Waals surface area contributed by atoms with Gasteiger partial charge in [-0.05, 0) is 42.7 Å². The largest absolute Gasteiger partial charge is 0.440 e. The number of amides is 2. The number of hydrogen-bond donors (Lipinski definition) is 1. The average Bonchev–Trinajstić information content (AvgIpc) is 3.10. The van der Waals surface area contributed by atoms with E-state index < -0.39 is 0 Å². The van der Waals surface area contributed by atoms with Crippen molar-refractivity contribution >= 4 is 17.1 Å². The molecule has 2 heterocycles. The second-order valence-electron chi connectivity index (χ2n) is 6.59. The summed E-state index contributed by atoms with van der Waals surface area (Å²) in [7, 11) is 0. The van der Waals surface area contributed by atoms with Crippen LogP contribution in [0, 0.1) is 5.82 Å². The lowest BCUT2D eigenvalue weighted by molar-refractivity contribution is 0.174. The molecule has 134 valence electrons. The van der Waals surface area contributed by atoms with Gasteiger partial charge in [0.25, 0.3) is 0 Å². The molecule has 5 nitrogen and oxygen atoms in total. The predicted molar refractivity (Wildman–Crippen MR) is 96.2 cm³/mol. The van der Waals surface area contributed by atoms with Crippen LogP contribution in [0.15, 0.2) is 52.9 Å². The molecule has 1 aliphatic rings. The number of halogens is 1. The van der Waals surface area contributed by atoms with Crippen LogP contribution in [0.1, 0.15) is 30.2 Å². The third-order valence-electron chi connectivity index (χ3n) is 4.70. The third kappa shape index (κ3) is 3.54. The maximum absolute atomic E-state index is 13.2. The molecule has 1 fully saturated rings. The summed E-state index contributed by atoms with van der Waals surface area (Å²) in [6, 6.07) is 13.8. The number of hydrogen-bond acceptors (Lipinski definition) is 3. The van der Waals surface area contributed by atoms with E-state index in [1.54, 1.807) is 17.0 Å². The van der Waals surface area contributed by atoms with Crippen molar-refractivity contribution in [3.63, 3.8) is 0 Å². The first-order valence-corrected chi connectivity index (χ1v) is 8.82. The number of oxazole rings is 1. The molecule has 6 heteroatoms. The summed E-state index contributed by atoms with van der Waals surface area (Å²) in [4.78, 5) is 18.8. The number of nitrogens with zero attached hydrogens (tertiary/aromatic N) is 2. The Bertz CT molecular complexity index is 891. The van der Waals surface area contributed by atoms with Crippen LogP contribution in [0.5, 0.6) is 0 Å². The quantitative estimate of drug-likeness (QED) is 0.773. The van der Waals surface area contributed by atoms with Crippen LogP contribution in [0.3, 0.4) is 0 Å². The molecule has 0 spiro atoms. The van der Waals surface area contributed by atoms with Crippen molar-refractivity contribution in [1.29, 1.82) is 0 Å². The predicted octanol–water partition coefficient (Wildman–Crippen LogP) is 4.06. The molecule has 0 aliphatic carbocycles. The van der Waals surface area contributed by atoms with Gasteiger partial charge in [-0.3, -0.25) is 0 Å². The van der Waals surface area contributed by atoms with E-state index in [2.05, 4.69) is 10.3 Å². The molecule has 2 amide bonds. The Morgan fingerprint density at radius 2 is 2.15 bits per heavy atom. The van der Waals surface area contributed by atoms with E-state index in [9.17, 15) is 9.18 Å². The third-order valence-corrected chi connectivity index (χ3v) is 4.70. The number of fused-ring (bicyclic) bond motifs is 1. The first-order chi connectivity index (χ1) is 12.7. The number of carbonyl (C=O) groups excluding carboxylic acids is 1. The summed E-state index contributed by atoms with van der Waals surface area (Å²) in [6.45, 7) is 1.58. The van der Waals surface area contributed by atoms with Gasteiger partial charge in [0.1, 0.15) is 11.3 Å². The fourth-order valence-electron chi connectivity index (χ4n) is 3.36. The second kappa shape index (κ2) is 7.15. The van der Waals surface area contributed by atoms with Crippen molar-refractivity contribution in [3.05, 3.63) is 65.8 Å². The van der Waals surface area contributed by atoms with E-state index in [0.717, 1.165) is 29.5 Å². The van der Waals surface area contributed by atoms with Crippen LogP contribution < -0.4 is 5.32 Å².